The number of H-pyrrole nitrogens is 1. The Bertz CT molecular complexity index is 1450. The maximum atomic E-state index is 13.0. The Morgan fingerprint density at radius 3 is 2.32 bits per heavy atom. The number of nitrogens with zero attached hydrogens (tertiary/aromatic N) is 1. The zero-order valence-electron chi connectivity index (χ0n) is 22.0. The molecular formula is C27H32N6O4. The van der Waals surface area contributed by atoms with Crippen LogP contribution in [0.1, 0.15) is 62.9 Å². The lowest BCUT2D eigenvalue weighted by atomic mass is 9.90. The second-order valence-corrected chi connectivity index (χ2v) is 10.8. The maximum Gasteiger partial charge on any atom is 0.256 e. The van der Waals surface area contributed by atoms with Crippen LogP contribution in [-0.2, 0) is 19.8 Å². The summed E-state index contributed by atoms with van der Waals surface area (Å²) in [6.07, 6.45) is 1.76. The van der Waals surface area contributed by atoms with Crippen molar-refractivity contribution >= 4 is 52.3 Å². The van der Waals surface area contributed by atoms with E-state index in [9.17, 15) is 14.4 Å². The zero-order chi connectivity index (χ0) is 27.3. The van der Waals surface area contributed by atoms with Gasteiger partial charge in [-0.3, -0.25) is 14.4 Å². The fourth-order valence-electron chi connectivity index (χ4n) is 3.84. The summed E-state index contributed by atoms with van der Waals surface area (Å²) in [7, 11) is 0. The van der Waals surface area contributed by atoms with Crippen LogP contribution in [0.15, 0.2) is 28.8 Å². The highest BCUT2D eigenvalue weighted by Gasteiger charge is 2.37. The van der Waals surface area contributed by atoms with Gasteiger partial charge in [-0.05, 0) is 51.5 Å². The first kappa shape index (κ1) is 25.7. The van der Waals surface area contributed by atoms with Gasteiger partial charge in [0.2, 0.25) is 11.8 Å². The molecule has 10 nitrogen and oxygen atoms in total. The molecule has 0 saturated carbocycles. The van der Waals surface area contributed by atoms with Crippen molar-refractivity contribution in [3.63, 3.8) is 0 Å². The van der Waals surface area contributed by atoms with Crippen LogP contribution >= 0.6 is 0 Å². The first-order valence-corrected chi connectivity index (χ1v) is 11.9. The molecule has 4 rings (SSSR count). The minimum absolute atomic E-state index is 0.240. The molecule has 6 N–H and O–H groups in total. The van der Waals surface area contributed by atoms with Crippen molar-refractivity contribution in [1.29, 1.82) is 0 Å². The molecule has 0 unspecified atom stereocenters. The zero-order valence-corrected chi connectivity index (χ0v) is 22.0. The van der Waals surface area contributed by atoms with Crippen LogP contribution in [-0.4, -0.2) is 27.9 Å². The first-order valence-electron chi connectivity index (χ1n) is 11.9. The van der Waals surface area contributed by atoms with Crippen LogP contribution in [0.5, 0.6) is 0 Å². The average molecular weight is 505 g/mol. The second kappa shape index (κ2) is 8.95. The van der Waals surface area contributed by atoms with Gasteiger partial charge in [0.05, 0.1) is 16.9 Å². The minimum atomic E-state index is -1.42. The van der Waals surface area contributed by atoms with Gasteiger partial charge in [0, 0.05) is 34.1 Å². The van der Waals surface area contributed by atoms with Crippen LogP contribution in [0.2, 0.25) is 0 Å². The van der Waals surface area contributed by atoms with Crippen molar-refractivity contribution in [2.75, 3.05) is 21.7 Å². The fourth-order valence-corrected chi connectivity index (χ4v) is 3.84. The molecule has 3 heterocycles. The molecule has 0 spiro atoms. The number of anilines is 4. The lowest BCUT2D eigenvalue weighted by Gasteiger charge is -2.22. The van der Waals surface area contributed by atoms with Gasteiger partial charge in [-0.2, -0.15) is 0 Å². The average Bonchev–Trinajstić information content (AvgIpc) is 3.47. The molecule has 3 aromatic rings. The van der Waals surface area contributed by atoms with E-state index in [1.807, 2.05) is 34.6 Å². The SMILES string of the molecule is Cc1[nH]c(/C=C2\C(=O)Nc3cc(NC(=O)C(C)(C)C(=O)Nc4cc(C(C)(C)C)on4)ccc32)c(C)c1N. The van der Waals surface area contributed by atoms with E-state index in [2.05, 4.69) is 26.1 Å². The summed E-state index contributed by atoms with van der Waals surface area (Å²) in [4.78, 5) is 41.8. The van der Waals surface area contributed by atoms with Gasteiger partial charge in [0.15, 0.2) is 5.82 Å². The molecule has 1 aromatic carbocycles. The maximum absolute atomic E-state index is 13.0. The van der Waals surface area contributed by atoms with Gasteiger partial charge in [0.25, 0.3) is 5.91 Å². The predicted molar refractivity (Wildman–Crippen MR) is 144 cm³/mol. The number of amides is 3. The second-order valence-electron chi connectivity index (χ2n) is 10.8. The number of nitrogen functional groups attached to an aromatic ring is 1. The molecule has 10 heteroatoms. The molecule has 1 aliphatic heterocycles. The standard InChI is InChI=1S/C27H32N6O4/c1-13-18(29-14(2)22(13)28)11-17-16-9-8-15(10-19(16)31-23(17)34)30-24(35)27(6,7)25(36)32-21-12-20(37-33-21)26(3,4)5/h8-12,29H,28H2,1-7H3,(H,30,35)(H,31,34)(H,32,33,36)/b17-11-. The summed E-state index contributed by atoms with van der Waals surface area (Å²) in [5.74, 6) is -0.453. The summed E-state index contributed by atoms with van der Waals surface area (Å²) in [5, 5.41) is 12.1. The van der Waals surface area contributed by atoms with Crippen molar-refractivity contribution < 1.29 is 18.9 Å². The third-order valence-electron chi connectivity index (χ3n) is 6.51. The Labute approximate surface area is 215 Å². The number of aryl methyl sites for hydroxylation is 1. The molecule has 194 valence electrons. The van der Waals surface area contributed by atoms with E-state index in [0.29, 0.717) is 34.0 Å². The van der Waals surface area contributed by atoms with Crippen LogP contribution in [0, 0.1) is 19.3 Å². The monoisotopic (exact) mass is 504 g/mol. The number of nitrogens with one attached hydrogen (secondary N) is 4. The molecular weight excluding hydrogens is 472 g/mol. The Morgan fingerprint density at radius 1 is 1.05 bits per heavy atom. The normalized spacial score (nSPS) is 14.5. The highest BCUT2D eigenvalue weighted by molar-refractivity contribution is 6.35. The van der Waals surface area contributed by atoms with Crippen LogP contribution in [0.4, 0.5) is 22.9 Å². The van der Waals surface area contributed by atoms with E-state index in [4.69, 9.17) is 10.3 Å². The number of nitrogens with two attached hydrogens (primary N) is 1. The van der Waals surface area contributed by atoms with Gasteiger partial charge < -0.3 is 31.2 Å². The first-order chi connectivity index (χ1) is 17.2. The Hall–Kier alpha value is -4.34. The molecule has 3 amide bonds. The molecule has 0 atom stereocenters. The fraction of sp³-hybridized carbons (Fsp3) is 0.333. The summed E-state index contributed by atoms with van der Waals surface area (Å²) in [6.45, 7) is 12.7. The van der Waals surface area contributed by atoms with Crippen LogP contribution < -0.4 is 21.7 Å². The number of rotatable bonds is 5. The van der Waals surface area contributed by atoms with E-state index < -0.39 is 17.2 Å². The number of carbonyl (C=O) groups excluding carboxylic acids is 3. The number of hydrogen-bond donors (Lipinski definition) is 5. The van der Waals surface area contributed by atoms with E-state index in [1.165, 1.54) is 13.8 Å². The number of carbonyl (C=O) groups is 3. The van der Waals surface area contributed by atoms with Gasteiger partial charge in [-0.25, -0.2) is 0 Å². The molecule has 1 aliphatic rings. The molecule has 2 aromatic heterocycles. The number of aromatic amines is 1. The third kappa shape index (κ3) is 4.87. The van der Waals surface area contributed by atoms with Crippen molar-refractivity contribution in [3.8, 4) is 0 Å². The summed E-state index contributed by atoms with van der Waals surface area (Å²) < 4.78 is 5.30. The van der Waals surface area contributed by atoms with Crippen molar-refractivity contribution in [3.05, 3.63) is 52.5 Å². The third-order valence-corrected chi connectivity index (χ3v) is 6.51. The van der Waals surface area contributed by atoms with Crippen molar-refractivity contribution in [2.24, 2.45) is 5.41 Å². The summed E-state index contributed by atoms with van der Waals surface area (Å²) in [6, 6.07) is 6.74. The smallest absolute Gasteiger partial charge is 0.256 e. The Morgan fingerprint density at radius 2 is 1.73 bits per heavy atom. The molecule has 0 saturated heterocycles. The van der Waals surface area contributed by atoms with Gasteiger partial charge >= 0.3 is 0 Å². The largest absolute Gasteiger partial charge is 0.397 e. The van der Waals surface area contributed by atoms with Crippen LogP contribution in [0.3, 0.4) is 0 Å². The Balaban J connectivity index is 1.50. The van der Waals surface area contributed by atoms with E-state index >= 15 is 0 Å². The van der Waals surface area contributed by atoms with Gasteiger partial charge in [-0.15, -0.1) is 0 Å². The number of hydrogen-bond acceptors (Lipinski definition) is 6. The lowest BCUT2D eigenvalue weighted by molar-refractivity contribution is -0.135. The highest BCUT2D eigenvalue weighted by Crippen LogP contribution is 2.36. The lowest BCUT2D eigenvalue weighted by Crippen LogP contribution is -2.41. The molecule has 0 aliphatic carbocycles. The number of fused-ring (bicyclic) bond motifs is 1. The van der Waals surface area contributed by atoms with E-state index in [1.54, 1.807) is 30.3 Å². The molecule has 0 radical (unpaired) electrons. The van der Waals surface area contributed by atoms with E-state index in [0.717, 1.165) is 17.0 Å². The number of aromatic nitrogens is 2. The summed E-state index contributed by atoms with van der Waals surface area (Å²) >= 11 is 0. The minimum Gasteiger partial charge on any atom is -0.397 e. The molecule has 0 fully saturated rings. The molecule has 0 bridgehead atoms. The van der Waals surface area contributed by atoms with Crippen molar-refractivity contribution in [2.45, 2.75) is 53.9 Å². The van der Waals surface area contributed by atoms with Crippen molar-refractivity contribution in [1.82, 2.24) is 10.1 Å². The predicted octanol–water partition coefficient (Wildman–Crippen LogP) is 4.60. The van der Waals surface area contributed by atoms with Gasteiger partial charge in [-0.1, -0.05) is 32.0 Å². The highest BCUT2D eigenvalue weighted by atomic mass is 16.5. The van der Waals surface area contributed by atoms with E-state index in [-0.39, 0.29) is 17.1 Å². The molecule has 37 heavy (non-hydrogen) atoms. The van der Waals surface area contributed by atoms with Gasteiger partial charge in [0.1, 0.15) is 11.2 Å². The Kier molecular flexibility index (Phi) is 6.23. The summed E-state index contributed by atoms with van der Waals surface area (Å²) in [5.41, 5.74) is 9.68. The topological polar surface area (TPSA) is 155 Å². The number of benzene rings is 1. The quantitative estimate of drug-likeness (QED) is 0.253. The van der Waals surface area contributed by atoms with Crippen LogP contribution in [0.25, 0.3) is 11.6 Å².